The van der Waals surface area contributed by atoms with Gasteiger partial charge in [-0.15, -0.1) is 0 Å². The number of nitrogens with two attached hydrogens (primary N) is 5. The summed E-state index contributed by atoms with van der Waals surface area (Å²) in [5, 5.41) is 15.4. The molecule has 0 aliphatic carbocycles. The van der Waals surface area contributed by atoms with Crippen LogP contribution in [0.5, 0.6) is 0 Å². The average Bonchev–Trinajstić information content (AvgIpc) is 4.00. The largest absolute Gasteiger partial charge is 0.370 e. The maximum Gasteiger partial charge on any atom is 0.246 e. The molecule has 7 atom stereocenters. The van der Waals surface area contributed by atoms with Crippen molar-refractivity contribution in [2.75, 3.05) is 36.0 Å². The van der Waals surface area contributed by atoms with E-state index in [0.29, 0.717) is 23.2 Å². The molecule has 11 amide bonds. The molecule has 0 radical (unpaired) electrons. The molecule has 25 nitrogen and oxygen atoms in total. The number of aliphatic imine (C=N–C) groups is 1. The molecule has 16 N–H and O–H groups in total. The Balaban J connectivity index is 1.46. The molecule has 2 aromatic rings. The fourth-order valence-electron chi connectivity index (χ4n) is 8.45. The number of fused-ring (bicyclic) bond motifs is 3. The molecule has 0 spiro atoms. The Morgan fingerprint density at radius 3 is 2.14 bits per heavy atom. The summed E-state index contributed by atoms with van der Waals surface area (Å²) in [6.07, 6.45) is -0.897. The van der Waals surface area contributed by atoms with E-state index in [0.717, 1.165) is 10.8 Å². The van der Waals surface area contributed by atoms with E-state index in [1.165, 1.54) is 20.6 Å². The third-order valence-electron chi connectivity index (χ3n) is 12.0. The number of anilines is 1. The maximum absolute atomic E-state index is 14.6. The summed E-state index contributed by atoms with van der Waals surface area (Å²) in [5.41, 5.74) is 28.9. The number of hydrogen-bond acceptors (Lipinski definition) is 14. The van der Waals surface area contributed by atoms with Crippen LogP contribution in [-0.4, -0.2) is 149 Å². The summed E-state index contributed by atoms with van der Waals surface area (Å²) in [6, 6.07) is 6.11. The van der Waals surface area contributed by atoms with Gasteiger partial charge in [-0.05, 0) is 49.3 Å². The zero-order chi connectivity index (χ0) is 53.2. The quantitative estimate of drug-likeness (QED) is 0.0313. The minimum Gasteiger partial charge on any atom is -0.370 e. The zero-order valence-corrected chi connectivity index (χ0v) is 41.5. The molecular formula is C46H62N14O11S2. The van der Waals surface area contributed by atoms with E-state index in [1.807, 2.05) is 0 Å². The van der Waals surface area contributed by atoms with Gasteiger partial charge in [-0.1, -0.05) is 70.1 Å². The van der Waals surface area contributed by atoms with Crippen molar-refractivity contribution in [1.29, 1.82) is 0 Å². The number of para-hydroxylation sites is 1. The highest BCUT2D eigenvalue weighted by Gasteiger charge is 2.42. The van der Waals surface area contributed by atoms with Crippen LogP contribution in [-0.2, 0) is 65.6 Å². The Bertz CT molecular complexity index is 2430. The van der Waals surface area contributed by atoms with Crippen molar-refractivity contribution in [3.05, 3.63) is 65.7 Å². The smallest absolute Gasteiger partial charge is 0.246 e. The molecule has 0 saturated carbocycles. The van der Waals surface area contributed by atoms with Crippen LogP contribution in [0.25, 0.3) is 0 Å². The molecule has 2 aromatic carbocycles. The van der Waals surface area contributed by atoms with E-state index in [-0.39, 0.29) is 75.5 Å². The summed E-state index contributed by atoms with van der Waals surface area (Å²) in [4.78, 5) is 155. The Hall–Kier alpha value is -7.42. The van der Waals surface area contributed by atoms with Crippen molar-refractivity contribution >= 4 is 98.2 Å². The molecule has 2 saturated heterocycles. The Morgan fingerprint density at radius 2 is 1.44 bits per heavy atom. The zero-order valence-electron chi connectivity index (χ0n) is 39.9. The molecule has 73 heavy (non-hydrogen) atoms. The molecular weight excluding hydrogens is 989 g/mol. The first kappa shape index (κ1) is 56.5. The number of likely N-dealkylation sites (tertiary alicyclic amines) is 1. The van der Waals surface area contributed by atoms with Crippen LogP contribution in [0.2, 0.25) is 0 Å². The lowest BCUT2D eigenvalue weighted by molar-refractivity contribution is -0.142. The van der Waals surface area contributed by atoms with Crippen molar-refractivity contribution in [3.63, 3.8) is 0 Å². The molecule has 0 aromatic heterocycles. The maximum atomic E-state index is 14.6. The predicted molar refractivity (Wildman–Crippen MR) is 270 cm³/mol. The first-order valence-electron chi connectivity index (χ1n) is 23.5. The number of nitrogens with one attached hydrogen (secondary N) is 6. The standard InChI is InChI=1S/C46H62N14O11S2/c47-35(61)15-14-28-40(66)56-30(22-36(48)62)42(68)58-31(45(71)59-18-7-13-33(59)43(69)55-27(11-6-17-52-46(50)51)39(65)53-23-37(49)63)24-73-72-19-16-38(64)60-32-12-5-4-10-26(32)21-34(60)44(70)57-29(41(67)54-28)20-25-8-2-1-3-9-25/h1-5,8-10,12,27-31,33-34H,6-7,11,13-24H2,(H2,47,61)(H2,48,62)(H2,49,63)(H,53,65)(H,54,67)(H,55,69)(H,56,66)(H,57,70)(H,58,68)(H4,50,51,52)/t27-,28-,29-,30-,31-,33-,34-/m0/s1. The van der Waals surface area contributed by atoms with Crippen LogP contribution in [0.3, 0.4) is 0 Å². The van der Waals surface area contributed by atoms with Gasteiger partial charge in [0.25, 0.3) is 0 Å². The number of nitrogens with zero attached hydrogens (tertiary/aromatic N) is 3. The first-order chi connectivity index (χ1) is 34.8. The minimum absolute atomic E-state index is 0.0231. The highest BCUT2D eigenvalue weighted by atomic mass is 33.1. The van der Waals surface area contributed by atoms with Gasteiger partial charge in [0.1, 0.15) is 42.3 Å². The number of guanidine groups is 1. The molecule has 27 heteroatoms. The highest BCUT2D eigenvalue weighted by Crippen LogP contribution is 2.34. The second kappa shape index (κ2) is 27.4. The van der Waals surface area contributed by atoms with E-state index in [1.54, 1.807) is 54.6 Å². The second-order valence-electron chi connectivity index (χ2n) is 17.5. The molecule has 394 valence electrons. The highest BCUT2D eigenvalue weighted by molar-refractivity contribution is 8.76. The van der Waals surface area contributed by atoms with E-state index in [4.69, 9.17) is 28.7 Å². The van der Waals surface area contributed by atoms with Crippen LogP contribution < -0.4 is 65.5 Å². The number of primary amides is 3. The van der Waals surface area contributed by atoms with Crippen molar-refractivity contribution in [2.45, 2.75) is 107 Å². The van der Waals surface area contributed by atoms with Gasteiger partial charge < -0.3 is 65.5 Å². The summed E-state index contributed by atoms with van der Waals surface area (Å²) >= 11 is 0. The molecule has 3 aliphatic rings. The first-order valence-corrected chi connectivity index (χ1v) is 26.0. The van der Waals surface area contributed by atoms with E-state index < -0.39 is 127 Å². The lowest BCUT2D eigenvalue weighted by atomic mass is 10.0. The second-order valence-corrected chi connectivity index (χ2v) is 20.1. The van der Waals surface area contributed by atoms with Crippen LogP contribution in [0.15, 0.2) is 59.6 Å². The minimum atomic E-state index is -1.75. The van der Waals surface area contributed by atoms with Gasteiger partial charge in [0, 0.05) is 56.0 Å². The van der Waals surface area contributed by atoms with Gasteiger partial charge in [0.2, 0.25) is 65.0 Å². The summed E-state index contributed by atoms with van der Waals surface area (Å²) in [6.45, 7) is -0.369. The normalized spacial score (nSPS) is 22.4. The van der Waals surface area contributed by atoms with Gasteiger partial charge >= 0.3 is 0 Å². The van der Waals surface area contributed by atoms with Crippen molar-refractivity contribution in [1.82, 2.24) is 36.8 Å². The Morgan fingerprint density at radius 1 is 0.767 bits per heavy atom. The van der Waals surface area contributed by atoms with Crippen LogP contribution in [0.1, 0.15) is 62.5 Å². The van der Waals surface area contributed by atoms with Crippen molar-refractivity contribution in [3.8, 4) is 0 Å². The van der Waals surface area contributed by atoms with Gasteiger partial charge in [0.15, 0.2) is 5.96 Å². The molecule has 0 unspecified atom stereocenters. The monoisotopic (exact) mass is 1050 g/mol. The van der Waals surface area contributed by atoms with Crippen LogP contribution in [0, 0.1) is 0 Å². The van der Waals surface area contributed by atoms with Gasteiger partial charge in [-0.3, -0.25) is 62.6 Å². The third-order valence-corrected chi connectivity index (χ3v) is 14.4. The van der Waals surface area contributed by atoms with Crippen LogP contribution >= 0.6 is 21.6 Å². The molecule has 5 rings (SSSR count). The third kappa shape index (κ3) is 16.8. The topological polar surface area (TPSA) is 409 Å². The molecule has 0 bridgehead atoms. The summed E-state index contributed by atoms with van der Waals surface area (Å²) < 4.78 is 0. The van der Waals surface area contributed by atoms with Crippen molar-refractivity contribution < 1.29 is 52.7 Å². The number of amides is 11. The number of benzene rings is 2. The fraction of sp³-hybridized carbons (Fsp3) is 0.478. The molecule has 3 heterocycles. The van der Waals surface area contributed by atoms with Gasteiger partial charge in [-0.25, -0.2) is 0 Å². The number of rotatable bonds is 17. The van der Waals surface area contributed by atoms with Crippen LogP contribution in [0.4, 0.5) is 5.69 Å². The van der Waals surface area contributed by atoms with Gasteiger partial charge in [0.05, 0.1) is 13.0 Å². The van der Waals surface area contributed by atoms with E-state index in [2.05, 4.69) is 36.9 Å². The number of carbonyl (C=O) groups excluding carboxylic acids is 11. The lowest BCUT2D eigenvalue weighted by Crippen LogP contribution is -2.61. The number of hydrogen-bond donors (Lipinski definition) is 11. The SMILES string of the molecule is NC(=O)CC[C@@H]1NC(=O)[C@H](Cc2ccccc2)NC(=O)[C@@H]2Cc3ccccc3N2C(=O)CCSSC[C@@H](C(=O)N2CCC[C@H]2C(=O)N[C@@H](CCCN=C(N)N)C(=O)NCC(N)=O)NC(=O)[C@H](CC(N)=O)NC1=O. The fourth-order valence-corrected chi connectivity index (χ4v) is 10.6. The lowest BCUT2D eigenvalue weighted by Gasteiger charge is -2.31. The number of carbonyl (C=O) groups is 11. The van der Waals surface area contributed by atoms with Crippen molar-refractivity contribution in [2.24, 2.45) is 33.7 Å². The average molecular weight is 1050 g/mol. The van der Waals surface area contributed by atoms with Gasteiger partial charge in [-0.2, -0.15) is 0 Å². The molecule has 3 aliphatic heterocycles. The van der Waals surface area contributed by atoms with E-state index >= 15 is 0 Å². The molecule has 2 fully saturated rings. The Kier molecular flexibility index (Phi) is 21.2. The van der Waals surface area contributed by atoms with E-state index in [9.17, 15) is 52.7 Å². The summed E-state index contributed by atoms with van der Waals surface area (Å²) in [7, 11) is 2.28. The summed E-state index contributed by atoms with van der Waals surface area (Å²) in [5.74, 6) is -9.17. The Labute approximate surface area is 428 Å². The predicted octanol–water partition coefficient (Wildman–Crippen LogP) is -3.82.